The minimum Gasteiger partial charge on any atom is -0.394 e. The molecule has 638 valence electrons. The van der Waals surface area contributed by atoms with Crippen LogP contribution in [0.2, 0.25) is 0 Å². The summed E-state index contributed by atoms with van der Waals surface area (Å²) in [5, 5.41) is 17.7. The quantitative estimate of drug-likeness (QED) is 0.0240. The molecule has 29 heteroatoms. The van der Waals surface area contributed by atoms with Crippen LogP contribution in [0.25, 0.3) is 0 Å². The molecule has 0 radical (unpaired) electrons. The summed E-state index contributed by atoms with van der Waals surface area (Å²) in [4.78, 5) is 45.4. The van der Waals surface area contributed by atoms with Crippen molar-refractivity contribution in [1.82, 2.24) is 0 Å². The van der Waals surface area contributed by atoms with E-state index >= 15 is 0 Å². The summed E-state index contributed by atoms with van der Waals surface area (Å²) in [6.45, 7) is 31.2. The van der Waals surface area contributed by atoms with Gasteiger partial charge in [-0.05, 0) is 73.1 Å². The molecule has 2 saturated carbocycles. The van der Waals surface area contributed by atoms with Crippen molar-refractivity contribution in [3.05, 3.63) is 71.8 Å². The maximum atomic E-state index is 8.84. The molecule has 2 aromatic carbocycles. The Balaban J connectivity index is 0. The first-order valence-electron chi connectivity index (χ1n) is 40.3. The van der Waals surface area contributed by atoms with Crippen molar-refractivity contribution in [1.29, 1.82) is 0 Å². The van der Waals surface area contributed by atoms with Crippen molar-refractivity contribution in [3.63, 3.8) is 0 Å². The molecule has 0 bridgehead atoms. The number of hydrogen-bond acceptors (Lipinski definition) is 29. The lowest BCUT2D eigenvalue weighted by atomic mass is 9.77. The van der Waals surface area contributed by atoms with Gasteiger partial charge in [-0.3, -0.25) is 49.9 Å². The summed E-state index contributed by atoms with van der Waals surface area (Å²) in [6.07, 6.45) is 20.2. The molecule has 2 aromatic rings. The fourth-order valence-corrected chi connectivity index (χ4v) is 10.7. The number of rotatable bonds is 61. The molecule has 29 nitrogen and oxygen atoms in total. The van der Waals surface area contributed by atoms with Crippen LogP contribution in [0.4, 0.5) is 0 Å². The van der Waals surface area contributed by atoms with E-state index in [0.717, 1.165) is 86.0 Å². The van der Waals surface area contributed by atoms with Crippen molar-refractivity contribution in [2.45, 2.75) is 146 Å². The lowest BCUT2D eigenvalue weighted by molar-refractivity contribution is 0.113. The molecule has 2 aliphatic rings. The fourth-order valence-electron chi connectivity index (χ4n) is 10.7. The van der Waals surface area contributed by atoms with E-state index in [4.69, 9.17) is 111 Å². The maximum Gasteiger partial charge on any atom is 0.138 e. The highest BCUT2D eigenvalue weighted by molar-refractivity contribution is 6.53. The van der Waals surface area contributed by atoms with Crippen LogP contribution in [0.3, 0.4) is 0 Å². The molecule has 111 heavy (non-hydrogen) atoms. The van der Waals surface area contributed by atoms with Gasteiger partial charge in [0, 0.05) is 101 Å². The van der Waals surface area contributed by atoms with Gasteiger partial charge in [0.05, 0.1) is 184 Å². The van der Waals surface area contributed by atoms with Crippen LogP contribution in [0.15, 0.2) is 111 Å². The zero-order valence-corrected chi connectivity index (χ0v) is 68.6. The Morgan fingerprint density at radius 1 is 0.342 bits per heavy atom. The first kappa shape index (κ1) is 107. The average molecular weight is 1570 g/mol. The van der Waals surface area contributed by atoms with Gasteiger partial charge < -0.3 is 95.7 Å². The van der Waals surface area contributed by atoms with Gasteiger partial charge >= 0.3 is 0 Å². The van der Waals surface area contributed by atoms with Crippen molar-refractivity contribution in [3.8, 4) is 0 Å². The average Bonchev–Trinajstić information content (AvgIpc) is 0.849. The number of nitrogens with zero attached hydrogens (tertiary/aromatic N) is 10. The predicted octanol–water partition coefficient (Wildman–Crippen LogP) is 8.96. The highest BCUT2D eigenvalue weighted by Crippen LogP contribution is 2.31. The predicted molar refractivity (Wildman–Crippen MR) is 459 cm³/mol. The molecular formula is C82H151N15O14. The molecule has 4 rings (SSSR count). The number of nitrogens with two attached hydrogens (primary N) is 5. The summed E-state index contributed by atoms with van der Waals surface area (Å²) in [6, 6.07) is 20.1. The Labute approximate surface area is 668 Å². The lowest BCUT2D eigenvalue weighted by Gasteiger charge is -2.30. The van der Waals surface area contributed by atoms with E-state index in [2.05, 4.69) is 48.8 Å². The number of aliphatic hydroxyl groups is 2. The molecule has 0 heterocycles. The number of benzene rings is 2. The first-order chi connectivity index (χ1) is 54.2. The van der Waals surface area contributed by atoms with Crippen molar-refractivity contribution < 1.29 is 67.1 Å². The Morgan fingerprint density at radius 3 is 1.09 bits per heavy atom. The minimum absolute atomic E-state index is 0. The molecular weight excluding hydrogens is 1420 g/mol. The standard InChI is InChI=1S/C21H39N3O2.C21H27N3O2.C15H31N3O6.C15H31N3O2.C9H19N3O2.CH4/c2*1-2-25-16-14-23-20(18-9-5-3-6-10-18)21(24-17-26-15-13-22)19-11-7-4-8-12-19;1-2-21-8-4-17-14(11-22-9-5-19)15(12-23-10-6-20)18-13-24-7-3-16;1-4-7-14(17-10-12-19-6-3)15(8-5-2)18-13-20-11-9-16;1-2-13-8-6-11-4-5-12-9-14-7-3-10;/h18-19H,2-17,22H2,1H3;3-12H,2,13-17,22H2,1H3;19-20H,2-13,16H2,1H3;4-13,16H2,1-3H3;4-5H,2-3,6-10H2,1H3;1H4. The lowest BCUT2D eigenvalue weighted by Crippen LogP contribution is -2.33. The number of aliphatic imine (C=N–C) groups is 10. The normalized spacial score (nSPS) is 14.5. The highest BCUT2D eigenvalue weighted by Gasteiger charge is 2.29. The van der Waals surface area contributed by atoms with Gasteiger partial charge in [0.15, 0.2) is 0 Å². The second-order valence-corrected chi connectivity index (χ2v) is 24.4. The third-order valence-electron chi connectivity index (χ3n) is 15.7. The van der Waals surface area contributed by atoms with E-state index in [1.807, 2.05) is 95.3 Å². The van der Waals surface area contributed by atoms with E-state index in [0.29, 0.717) is 182 Å². The largest absolute Gasteiger partial charge is 0.394 e. The monoisotopic (exact) mass is 1570 g/mol. The highest BCUT2D eigenvalue weighted by atomic mass is 16.5. The Morgan fingerprint density at radius 2 is 0.676 bits per heavy atom. The Hall–Kier alpha value is -5.62. The summed E-state index contributed by atoms with van der Waals surface area (Å²) in [5.41, 5.74) is 36.6. The molecule has 0 amide bonds. The smallest absolute Gasteiger partial charge is 0.138 e. The van der Waals surface area contributed by atoms with E-state index < -0.39 is 0 Å². The van der Waals surface area contributed by atoms with Crippen molar-refractivity contribution in [2.75, 3.05) is 238 Å². The Bertz CT molecular complexity index is 2500. The number of hydrogen-bond donors (Lipinski definition) is 7. The summed E-state index contributed by atoms with van der Waals surface area (Å²) in [5.74, 6) is 1.12. The summed E-state index contributed by atoms with van der Waals surface area (Å²) < 4.78 is 64.0. The van der Waals surface area contributed by atoms with E-state index in [1.54, 1.807) is 12.4 Å². The zero-order valence-electron chi connectivity index (χ0n) is 68.6. The van der Waals surface area contributed by atoms with Crippen molar-refractivity contribution in [2.24, 2.45) is 90.4 Å². The van der Waals surface area contributed by atoms with Crippen LogP contribution in [0.5, 0.6) is 0 Å². The van der Waals surface area contributed by atoms with Gasteiger partial charge in [-0.2, -0.15) is 0 Å². The van der Waals surface area contributed by atoms with Crippen LogP contribution in [-0.2, 0) is 56.8 Å². The van der Waals surface area contributed by atoms with Crippen LogP contribution in [0.1, 0.15) is 157 Å². The molecule has 2 fully saturated rings. The number of ether oxygens (including phenoxy) is 12. The van der Waals surface area contributed by atoms with E-state index in [1.165, 1.54) is 75.6 Å². The van der Waals surface area contributed by atoms with E-state index in [-0.39, 0.29) is 60.5 Å². The second-order valence-electron chi connectivity index (χ2n) is 24.4. The maximum absolute atomic E-state index is 8.84. The topological polar surface area (TPSA) is 405 Å². The molecule has 0 saturated heterocycles. The second kappa shape index (κ2) is 85.3. The SMILES string of the molecule is C.CCCC(=NCCOCC)C(CCC)=NCOCCN.CCOCCN=C(C(=NCOCCN)C1CCCCC1)C1CCCCC1.CCOCCN=C(C(=NCOCCN)c1ccccc1)c1ccccc1.CCOCCN=C(COCCO)C(COCCO)=NCOCCN.CCOCCN=CC=NCOCCN. The molecule has 0 aromatic heterocycles. The Kier molecular flexibility index (Phi) is 82.5. The van der Waals surface area contributed by atoms with Crippen LogP contribution >= 0.6 is 0 Å². The third kappa shape index (κ3) is 61.5. The zero-order chi connectivity index (χ0) is 80.3. The van der Waals surface area contributed by atoms with Crippen LogP contribution in [-0.4, -0.2) is 306 Å². The molecule has 0 atom stereocenters. The fraction of sp³-hybridized carbons (Fsp3) is 0.732. The molecule has 0 spiro atoms. The van der Waals surface area contributed by atoms with Crippen LogP contribution < -0.4 is 28.7 Å². The first-order valence-corrected chi connectivity index (χ1v) is 40.3. The van der Waals surface area contributed by atoms with Gasteiger partial charge in [-0.1, -0.05) is 133 Å². The van der Waals surface area contributed by atoms with Gasteiger partial charge in [0.25, 0.3) is 0 Å². The van der Waals surface area contributed by atoms with Crippen LogP contribution in [0, 0.1) is 11.8 Å². The van der Waals surface area contributed by atoms with Crippen molar-refractivity contribution >= 4 is 58.1 Å². The van der Waals surface area contributed by atoms with Gasteiger partial charge in [0.2, 0.25) is 0 Å². The van der Waals surface area contributed by atoms with E-state index in [9.17, 15) is 0 Å². The number of aliphatic hydroxyl groups excluding tert-OH is 2. The van der Waals surface area contributed by atoms with Gasteiger partial charge in [0.1, 0.15) is 33.7 Å². The van der Waals surface area contributed by atoms with Gasteiger partial charge in [-0.15, -0.1) is 0 Å². The minimum atomic E-state index is -0.0746. The van der Waals surface area contributed by atoms with Gasteiger partial charge in [-0.25, -0.2) is 0 Å². The summed E-state index contributed by atoms with van der Waals surface area (Å²) >= 11 is 0. The summed E-state index contributed by atoms with van der Waals surface area (Å²) in [7, 11) is 0. The molecule has 0 unspecified atom stereocenters. The molecule has 0 aliphatic heterocycles. The third-order valence-corrected chi connectivity index (χ3v) is 15.7. The molecule has 12 N–H and O–H groups in total. The molecule has 2 aliphatic carbocycles.